The molecule has 4 nitrogen and oxygen atoms in total. The highest BCUT2D eigenvalue weighted by molar-refractivity contribution is 6.25. The van der Waals surface area contributed by atoms with Gasteiger partial charge >= 0.3 is 0 Å². The summed E-state index contributed by atoms with van der Waals surface area (Å²) in [5, 5.41) is 1.69. The first-order valence-corrected chi connectivity index (χ1v) is 6.61. The summed E-state index contributed by atoms with van der Waals surface area (Å²) in [6, 6.07) is 11.1. The highest BCUT2D eigenvalue weighted by Crippen LogP contribution is 2.33. The fraction of sp³-hybridized carbons (Fsp3) is 0.250. The van der Waals surface area contributed by atoms with Gasteiger partial charge in [0.25, 0.3) is 11.8 Å². The molecular formula is C16H13NO3. The molecule has 2 aromatic carbocycles. The third kappa shape index (κ3) is 1.51. The van der Waals surface area contributed by atoms with Crippen LogP contribution in [0.1, 0.15) is 27.6 Å². The normalized spacial score (nSPS) is 24.4. The van der Waals surface area contributed by atoms with Gasteiger partial charge in [-0.2, -0.15) is 0 Å². The molecule has 2 heterocycles. The second-order valence-corrected chi connectivity index (χ2v) is 5.64. The molecule has 1 saturated heterocycles. The number of ether oxygens (including phenoxy) is 1. The van der Waals surface area contributed by atoms with Gasteiger partial charge in [-0.1, -0.05) is 24.3 Å². The number of carbonyl (C=O) groups excluding carboxylic acids is 2. The molecule has 0 saturated carbocycles. The number of nitrogens with zero attached hydrogens (tertiary/aromatic N) is 1. The van der Waals surface area contributed by atoms with Gasteiger partial charge in [-0.3, -0.25) is 14.5 Å². The van der Waals surface area contributed by atoms with E-state index in [9.17, 15) is 9.59 Å². The number of rotatable bonds is 2. The lowest BCUT2D eigenvalue weighted by Gasteiger charge is -2.28. The molecule has 2 aliphatic rings. The monoisotopic (exact) mass is 267 g/mol. The lowest BCUT2D eigenvalue weighted by Crippen LogP contribution is -2.44. The minimum Gasteiger partial charge on any atom is -0.368 e. The minimum atomic E-state index is -0.370. The first-order chi connectivity index (χ1) is 9.59. The maximum Gasteiger partial charge on any atom is 0.261 e. The van der Waals surface area contributed by atoms with Gasteiger partial charge in [-0.15, -0.1) is 0 Å². The van der Waals surface area contributed by atoms with Crippen molar-refractivity contribution in [1.82, 2.24) is 4.90 Å². The first kappa shape index (κ1) is 11.6. The Morgan fingerprint density at radius 1 is 1.10 bits per heavy atom. The van der Waals surface area contributed by atoms with Crippen LogP contribution in [-0.4, -0.2) is 35.5 Å². The topological polar surface area (TPSA) is 49.9 Å². The van der Waals surface area contributed by atoms with E-state index in [0.29, 0.717) is 24.3 Å². The zero-order valence-electron chi connectivity index (χ0n) is 11.1. The van der Waals surface area contributed by atoms with Gasteiger partial charge in [0.1, 0.15) is 5.60 Å². The Hall–Kier alpha value is -2.20. The van der Waals surface area contributed by atoms with Crippen LogP contribution in [0, 0.1) is 0 Å². The van der Waals surface area contributed by atoms with Crippen LogP contribution >= 0.6 is 0 Å². The van der Waals surface area contributed by atoms with E-state index in [1.165, 1.54) is 4.90 Å². The molecule has 2 amide bonds. The Bertz CT molecular complexity index is 711. The van der Waals surface area contributed by atoms with Crippen LogP contribution in [0.4, 0.5) is 0 Å². The lowest BCUT2D eigenvalue weighted by atomic mass is 9.93. The van der Waals surface area contributed by atoms with Crippen molar-refractivity contribution in [2.45, 2.75) is 12.5 Å². The van der Waals surface area contributed by atoms with Gasteiger partial charge in [0.05, 0.1) is 13.2 Å². The summed E-state index contributed by atoms with van der Waals surface area (Å²) >= 11 is 0. The summed E-state index contributed by atoms with van der Waals surface area (Å²) in [5.41, 5.74) is 0.829. The van der Waals surface area contributed by atoms with E-state index >= 15 is 0 Å². The summed E-state index contributed by atoms with van der Waals surface area (Å²) in [6.45, 7) is 2.82. The lowest BCUT2D eigenvalue weighted by molar-refractivity contribution is 0.0571. The van der Waals surface area contributed by atoms with Gasteiger partial charge in [0.15, 0.2) is 0 Å². The van der Waals surface area contributed by atoms with Gasteiger partial charge in [0, 0.05) is 16.5 Å². The van der Waals surface area contributed by atoms with Crippen LogP contribution in [0.3, 0.4) is 0 Å². The van der Waals surface area contributed by atoms with Crippen molar-refractivity contribution in [3.8, 4) is 0 Å². The number of hydrogen-bond donors (Lipinski definition) is 0. The quantitative estimate of drug-likeness (QED) is 0.619. The van der Waals surface area contributed by atoms with Crippen molar-refractivity contribution < 1.29 is 14.3 Å². The van der Waals surface area contributed by atoms with Crippen molar-refractivity contribution in [2.75, 3.05) is 13.2 Å². The number of epoxide rings is 1. The van der Waals surface area contributed by atoms with Crippen LogP contribution in [-0.2, 0) is 4.74 Å². The summed E-state index contributed by atoms with van der Waals surface area (Å²) in [6.07, 6.45) is 0. The van der Waals surface area contributed by atoms with Crippen LogP contribution in [0.25, 0.3) is 10.8 Å². The first-order valence-electron chi connectivity index (χ1n) is 6.61. The van der Waals surface area contributed by atoms with Crippen molar-refractivity contribution in [2.24, 2.45) is 0 Å². The summed E-state index contributed by atoms with van der Waals surface area (Å²) in [7, 11) is 0. The Morgan fingerprint density at radius 2 is 1.65 bits per heavy atom. The Labute approximate surface area is 115 Å². The van der Waals surface area contributed by atoms with Crippen molar-refractivity contribution in [1.29, 1.82) is 0 Å². The molecule has 2 aliphatic heterocycles. The number of imide groups is 1. The van der Waals surface area contributed by atoms with Gasteiger partial charge in [-0.25, -0.2) is 0 Å². The van der Waals surface area contributed by atoms with Gasteiger partial charge in [0.2, 0.25) is 0 Å². The zero-order valence-corrected chi connectivity index (χ0v) is 11.1. The highest BCUT2D eigenvalue weighted by atomic mass is 16.6. The molecule has 0 radical (unpaired) electrons. The third-order valence-corrected chi connectivity index (χ3v) is 3.99. The Morgan fingerprint density at radius 3 is 2.15 bits per heavy atom. The Balaban J connectivity index is 1.91. The fourth-order valence-corrected chi connectivity index (χ4v) is 2.77. The van der Waals surface area contributed by atoms with E-state index in [0.717, 1.165) is 10.8 Å². The third-order valence-electron chi connectivity index (χ3n) is 3.99. The van der Waals surface area contributed by atoms with Crippen LogP contribution < -0.4 is 0 Å². The Kier molecular flexibility index (Phi) is 2.13. The predicted molar refractivity (Wildman–Crippen MR) is 73.7 cm³/mol. The largest absolute Gasteiger partial charge is 0.368 e. The SMILES string of the molecule is CC1(CN2C(=O)c3cccc4cccc(c34)C2=O)CO1. The summed E-state index contributed by atoms with van der Waals surface area (Å²) in [5.74, 6) is -0.452. The predicted octanol–water partition coefficient (Wildman–Crippen LogP) is 2.22. The van der Waals surface area contributed by atoms with Crippen molar-refractivity contribution in [3.63, 3.8) is 0 Å². The van der Waals surface area contributed by atoms with E-state index in [4.69, 9.17) is 4.74 Å². The second kappa shape index (κ2) is 3.67. The van der Waals surface area contributed by atoms with E-state index in [1.807, 2.05) is 31.2 Å². The highest BCUT2D eigenvalue weighted by Gasteiger charge is 2.45. The molecule has 0 spiro atoms. The smallest absolute Gasteiger partial charge is 0.261 e. The molecule has 4 heteroatoms. The van der Waals surface area contributed by atoms with Crippen LogP contribution in [0.2, 0.25) is 0 Å². The molecule has 4 rings (SSSR count). The number of amides is 2. The van der Waals surface area contributed by atoms with Crippen molar-refractivity contribution >= 4 is 22.6 Å². The molecule has 20 heavy (non-hydrogen) atoms. The second-order valence-electron chi connectivity index (χ2n) is 5.64. The molecule has 1 unspecified atom stereocenters. The molecule has 0 aliphatic carbocycles. The maximum atomic E-state index is 12.6. The molecule has 1 atom stereocenters. The number of benzene rings is 2. The fourth-order valence-electron chi connectivity index (χ4n) is 2.77. The van der Waals surface area contributed by atoms with E-state index in [1.54, 1.807) is 12.1 Å². The summed E-state index contributed by atoms with van der Waals surface area (Å²) < 4.78 is 5.31. The number of hydrogen-bond acceptors (Lipinski definition) is 3. The minimum absolute atomic E-state index is 0.226. The van der Waals surface area contributed by atoms with Crippen LogP contribution in [0.5, 0.6) is 0 Å². The van der Waals surface area contributed by atoms with Crippen molar-refractivity contribution in [3.05, 3.63) is 47.5 Å². The average Bonchev–Trinajstić information content (AvgIpc) is 3.19. The maximum absolute atomic E-state index is 12.6. The van der Waals surface area contributed by atoms with Crippen LogP contribution in [0.15, 0.2) is 36.4 Å². The molecule has 1 fully saturated rings. The number of carbonyl (C=O) groups is 2. The molecule has 0 bridgehead atoms. The van der Waals surface area contributed by atoms with E-state index in [-0.39, 0.29) is 17.4 Å². The molecule has 100 valence electrons. The molecule has 0 aromatic heterocycles. The molecule has 0 N–H and O–H groups in total. The van der Waals surface area contributed by atoms with E-state index < -0.39 is 0 Å². The molecular weight excluding hydrogens is 254 g/mol. The molecule has 2 aromatic rings. The summed E-state index contributed by atoms with van der Waals surface area (Å²) in [4.78, 5) is 26.4. The zero-order chi connectivity index (χ0) is 13.9. The van der Waals surface area contributed by atoms with Gasteiger partial charge in [-0.05, 0) is 24.4 Å². The van der Waals surface area contributed by atoms with E-state index in [2.05, 4.69) is 0 Å². The standard InChI is InChI=1S/C16H13NO3/c1-16(9-20-16)8-17-14(18)11-6-2-4-10-5-3-7-12(13(10)11)15(17)19/h2-7H,8-9H2,1H3. The average molecular weight is 267 g/mol. The van der Waals surface area contributed by atoms with Gasteiger partial charge < -0.3 is 4.74 Å².